The van der Waals surface area contributed by atoms with E-state index in [2.05, 4.69) is 19.2 Å². The minimum absolute atomic E-state index is 0.0379. The fourth-order valence-corrected chi connectivity index (χ4v) is 1.53. The van der Waals surface area contributed by atoms with Crippen LogP contribution in [0.4, 0.5) is 0 Å². The summed E-state index contributed by atoms with van der Waals surface area (Å²) in [6, 6.07) is 0. The largest absolute Gasteiger partial charge is 0.356 e. The van der Waals surface area contributed by atoms with Gasteiger partial charge in [-0.15, -0.1) is 0 Å². The Balaban J connectivity index is 3.72. The van der Waals surface area contributed by atoms with Crippen molar-refractivity contribution in [2.45, 2.75) is 40.5 Å². The van der Waals surface area contributed by atoms with Gasteiger partial charge in [-0.2, -0.15) is 0 Å². The SMILES string of the molecule is CC(C)CCCNC(=O)C(CN)C(C)C. The first-order chi connectivity index (χ1) is 6.99. The highest BCUT2D eigenvalue weighted by molar-refractivity contribution is 5.79. The molecule has 0 aromatic heterocycles. The van der Waals surface area contributed by atoms with Crippen LogP contribution in [0.25, 0.3) is 0 Å². The smallest absolute Gasteiger partial charge is 0.224 e. The van der Waals surface area contributed by atoms with Crippen molar-refractivity contribution < 1.29 is 4.79 Å². The lowest BCUT2D eigenvalue weighted by atomic mass is 9.95. The highest BCUT2D eigenvalue weighted by Gasteiger charge is 2.19. The van der Waals surface area contributed by atoms with Crippen LogP contribution in [0.15, 0.2) is 0 Å². The summed E-state index contributed by atoms with van der Waals surface area (Å²) in [5, 5.41) is 2.95. The van der Waals surface area contributed by atoms with E-state index in [1.807, 2.05) is 13.8 Å². The van der Waals surface area contributed by atoms with Crippen LogP contribution in [0.3, 0.4) is 0 Å². The summed E-state index contributed by atoms with van der Waals surface area (Å²) < 4.78 is 0. The molecule has 0 aliphatic heterocycles. The molecule has 0 saturated carbocycles. The van der Waals surface area contributed by atoms with E-state index in [0.29, 0.717) is 18.4 Å². The van der Waals surface area contributed by atoms with Crippen molar-refractivity contribution in [3.8, 4) is 0 Å². The minimum Gasteiger partial charge on any atom is -0.356 e. The molecule has 0 aliphatic carbocycles. The van der Waals surface area contributed by atoms with E-state index >= 15 is 0 Å². The van der Waals surface area contributed by atoms with Gasteiger partial charge in [-0.3, -0.25) is 4.79 Å². The molecule has 0 aliphatic rings. The van der Waals surface area contributed by atoms with E-state index in [-0.39, 0.29) is 11.8 Å². The van der Waals surface area contributed by atoms with E-state index in [1.165, 1.54) is 0 Å². The quantitative estimate of drug-likeness (QED) is 0.635. The highest BCUT2D eigenvalue weighted by Crippen LogP contribution is 2.09. The normalized spacial score (nSPS) is 13.3. The zero-order valence-electron chi connectivity index (χ0n) is 10.5. The Labute approximate surface area is 93.8 Å². The summed E-state index contributed by atoms with van der Waals surface area (Å²) in [6.45, 7) is 9.67. The van der Waals surface area contributed by atoms with E-state index < -0.39 is 0 Å². The molecule has 15 heavy (non-hydrogen) atoms. The summed E-state index contributed by atoms with van der Waals surface area (Å²) in [6.07, 6.45) is 2.22. The monoisotopic (exact) mass is 214 g/mol. The van der Waals surface area contributed by atoms with Crippen molar-refractivity contribution in [2.24, 2.45) is 23.5 Å². The Hall–Kier alpha value is -0.570. The predicted octanol–water partition coefficient (Wildman–Crippen LogP) is 1.77. The molecule has 0 bridgehead atoms. The fourth-order valence-electron chi connectivity index (χ4n) is 1.53. The van der Waals surface area contributed by atoms with Gasteiger partial charge in [0.1, 0.15) is 0 Å². The number of nitrogens with one attached hydrogen (secondary N) is 1. The van der Waals surface area contributed by atoms with Crippen LogP contribution < -0.4 is 11.1 Å². The van der Waals surface area contributed by atoms with Crippen LogP contribution in [0, 0.1) is 17.8 Å². The first-order valence-electron chi connectivity index (χ1n) is 5.96. The van der Waals surface area contributed by atoms with Gasteiger partial charge in [0, 0.05) is 13.1 Å². The molecule has 3 heteroatoms. The summed E-state index contributed by atoms with van der Waals surface area (Å²) in [5.41, 5.74) is 5.57. The molecule has 0 radical (unpaired) electrons. The first kappa shape index (κ1) is 14.4. The van der Waals surface area contributed by atoms with Crippen LogP contribution in [0.1, 0.15) is 40.5 Å². The van der Waals surface area contributed by atoms with Gasteiger partial charge in [0.25, 0.3) is 0 Å². The number of hydrogen-bond acceptors (Lipinski definition) is 2. The van der Waals surface area contributed by atoms with Crippen LogP contribution in [-0.4, -0.2) is 19.0 Å². The van der Waals surface area contributed by atoms with Gasteiger partial charge in [0.2, 0.25) is 5.91 Å². The zero-order chi connectivity index (χ0) is 11.8. The molecule has 0 spiro atoms. The van der Waals surface area contributed by atoms with Crippen LogP contribution in [-0.2, 0) is 4.79 Å². The van der Waals surface area contributed by atoms with Crippen LogP contribution in [0.2, 0.25) is 0 Å². The molecule has 3 N–H and O–H groups in total. The standard InChI is InChI=1S/C12H26N2O/c1-9(2)6-5-7-14-12(15)11(8-13)10(3)4/h9-11H,5-8,13H2,1-4H3,(H,14,15). The van der Waals surface area contributed by atoms with Gasteiger partial charge < -0.3 is 11.1 Å². The highest BCUT2D eigenvalue weighted by atomic mass is 16.1. The van der Waals surface area contributed by atoms with Gasteiger partial charge in [-0.25, -0.2) is 0 Å². The number of rotatable bonds is 7. The number of nitrogens with two attached hydrogens (primary N) is 1. The molecule has 0 aromatic rings. The molecule has 1 unspecified atom stereocenters. The van der Waals surface area contributed by atoms with Gasteiger partial charge in [-0.1, -0.05) is 27.7 Å². The number of carbonyl (C=O) groups excluding carboxylic acids is 1. The van der Waals surface area contributed by atoms with Crippen molar-refractivity contribution in [1.29, 1.82) is 0 Å². The summed E-state index contributed by atoms with van der Waals surface area (Å²) in [5.74, 6) is 1.10. The fraction of sp³-hybridized carbons (Fsp3) is 0.917. The minimum atomic E-state index is -0.0379. The summed E-state index contributed by atoms with van der Waals surface area (Å²) >= 11 is 0. The molecule has 0 saturated heterocycles. The lowest BCUT2D eigenvalue weighted by molar-refractivity contribution is -0.125. The Morgan fingerprint density at radius 1 is 1.27 bits per heavy atom. The van der Waals surface area contributed by atoms with E-state index in [9.17, 15) is 4.79 Å². The van der Waals surface area contributed by atoms with Crippen molar-refractivity contribution in [3.05, 3.63) is 0 Å². The van der Waals surface area contributed by atoms with Crippen molar-refractivity contribution >= 4 is 5.91 Å². The van der Waals surface area contributed by atoms with Crippen molar-refractivity contribution in [2.75, 3.05) is 13.1 Å². The maximum absolute atomic E-state index is 11.7. The lowest BCUT2D eigenvalue weighted by Crippen LogP contribution is -2.38. The van der Waals surface area contributed by atoms with Gasteiger partial charge >= 0.3 is 0 Å². The Morgan fingerprint density at radius 3 is 2.27 bits per heavy atom. The maximum atomic E-state index is 11.7. The second-order valence-electron chi connectivity index (χ2n) is 4.91. The van der Waals surface area contributed by atoms with Crippen molar-refractivity contribution in [3.63, 3.8) is 0 Å². The molecule has 1 amide bonds. The van der Waals surface area contributed by atoms with Gasteiger partial charge in [-0.05, 0) is 24.7 Å². The van der Waals surface area contributed by atoms with Crippen LogP contribution >= 0.6 is 0 Å². The molecule has 90 valence electrons. The third-order valence-electron chi connectivity index (χ3n) is 2.65. The lowest BCUT2D eigenvalue weighted by Gasteiger charge is -2.18. The molecule has 1 atom stereocenters. The predicted molar refractivity (Wildman–Crippen MR) is 64.5 cm³/mol. The number of hydrogen-bond donors (Lipinski definition) is 2. The molecular weight excluding hydrogens is 188 g/mol. The number of amides is 1. The summed E-state index contributed by atoms with van der Waals surface area (Å²) in [4.78, 5) is 11.7. The Kier molecular flexibility index (Phi) is 7.39. The molecule has 3 nitrogen and oxygen atoms in total. The molecule has 0 fully saturated rings. The third-order valence-corrected chi connectivity index (χ3v) is 2.65. The average molecular weight is 214 g/mol. The zero-order valence-corrected chi connectivity index (χ0v) is 10.5. The first-order valence-corrected chi connectivity index (χ1v) is 5.96. The Morgan fingerprint density at radius 2 is 1.87 bits per heavy atom. The third kappa shape index (κ3) is 6.50. The molecular formula is C12H26N2O. The van der Waals surface area contributed by atoms with Gasteiger partial charge in [0.15, 0.2) is 0 Å². The molecule has 0 heterocycles. The maximum Gasteiger partial charge on any atom is 0.224 e. The van der Waals surface area contributed by atoms with Crippen LogP contribution in [0.5, 0.6) is 0 Å². The van der Waals surface area contributed by atoms with E-state index in [1.54, 1.807) is 0 Å². The van der Waals surface area contributed by atoms with Gasteiger partial charge in [0.05, 0.1) is 5.92 Å². The number of carbonyl (C=O) groups is 1. The summed E-state index contributed by atoms with van der Waals surface area (Å²) in [7, 11) is 0. The van der Waals surface area contributed by atoms with Crippen molar-refractivity contribution in [1.82, 2.24) is 5.32 Å². The Bertz CT molecular complexity index is 178. The topological polar surface area (TPSA) is 55.1 Å². The average Bonchev–Trinajstić information content (AvgIpc) is 2.12. The second-order valence-corrected chi connectivity index (χ2v) is 4.91. The van der Waals surface area contributed by atoms with E-state index in [4.69, 9.17) is 5.73 Å². The second kappa shape index (κ2) is 7.69. The molecule has 0 rings (SSSR count). The van der Waals surface area contributed by atoms with E-state index in [0.717, 1.165) is 19.4 Å². The molecule has 0 aromatic carbocycles.